The van der Waals surface area contributed by atoms with Gasteiger partial charge in [0.2, 0.25) is 0 Å². The molecule has 0 aliphatic carbocycles. The Morgan fingerprint density at radius 1 is 0.586 bits per heavy atom. The van der Waals surface area contributed by atoms with Crippen LogP contribution in [-0.2, 0) is 19.6 Å². The van der Waals surface area contributed by atoms with Crippen LogP contribution in [0.25, 0.3) is 0 Å². The summed E-state index contributed by atoms with van der Waals surface area (Å²) >= 11 is 0. The molecule has 150 valence electrons. The molecule has 0 unspecified atom stereocenters. The maximum atomic E-state index is 5.89. The van der Waals surface area contributed by atoms with Crippen LogP contribution in [0.4, 0.5) is 0 Å². The van der Waals surface area contributed by atoms with Crippen molar-refractivity contribution in [2.75, 3.05) is 32.7 Å². The molecule has 3 aromatic rings. The Morgan fingerprint density at radius 3 is 1.83 bits per heavy atom. The van der Waals surface area contributed by atoms with E-state index in [0.717, 1.165) is 51.4 Å². The van der Waals surface area contributed by atoms with E-state index in [0.29, 0.717) is 6.61 Å². The van der Waals surface area contributed by atoms with Crippen LogP contribution in [0.3, 0.4) is 0 Å². The van der Waals surface area contributed by atoms with Gasteiger partial charge in [0.25, 0.3) is 0 Å². The topological polar surface area (TPSA) is 15.7 Å². The number of piperazine rings is 1. The van der Waals surface area contributed by atoms with E-state index >= 15 is 0 Å². The van der Waals surface area contributed by atoms with Crippen molar-refractivity contribution >= 4 is 0 Å². The standard InChI is InChI=1S/C26H30N2O/c1-3-7-23(8-4-1)15-16-27-17-19-28(20-18-27)21-24-11-13-26(14-12-24)29-22-25-9-5-2-6-10-25/h1-14H,15-22H2. The Balaban J connectivity index is 1.18. The van der Waals surface area contributed by atoms with E-state index in [1.54, 1.807) is 0 Å². The highest BCUT2D eigenvalue weighted by molar-refractivity contribution is 5.28. The van der Waals surface area contributed by atoms with Crippen LogP contribution in [0.1, 0.15) is 16.7 Å². The zero-order valence-electron chi connectivity index (χ0n) is 17.0. The van der Waals surface area contributed by atoms with Crippen molar-refractivity contribution in [3.63, 3.8) is 0 Å². The van der Waals surface area contributed by atoms with Crippen molar-refractivity contribution in [3.05, 3.63) is 102 Å². The lowest BCUT2D eigenvalue weighted by Crippen LogP contribution is -2.46. The molecule has 0 spiro atoms. The zero-order chi connectivity index (χ0) is 19.7. The predicted molar refractivity (Wildman–Crippen MR) is 119 cm³/mol. The summed E-state index contributed by atoms with van der Waals surface area (Å²) in [6.45, 7) is 7.39. The van der Waals surface area contributed by atoms with Crippen LogP contribution >= 0.6 is 0 Å². The quantitative estimate of drug-likeness (QED) is 0.562. The van der Waals surface area contributed by atoms with Gasteiger partial charge in [0, 0.05) is 39.3 Å². The Labute approximate surface area is 174 Å². The van der Waals surface area contributed by atoms with Gasteiger partial charge in [0.15, 0.2) is 0 Å². The van der Waals surface area contributed by atoms with Gasteiger partial charge in [-0.3, -0.25) is 4.90 Å². The fourth-order valence-electron chi connectivity index (χ4n) is 3.79. The Bertz CT molecular complexity index is 841. The van der Waals surface area contributed by atoms with E-state index in [1.165, 1.54) is 16.7 Å². The molecule has 1 heterocycles. The first-order valence-electron chi connectivity index (χ1n) is 10.6. The van der Waals surface area contributed by atoms with Crippen molar-refractivity contribution in [1.29, 1.82) is 0 Å². The highest BCUT2D eigenvalue weighted by Crippen LogP contribution is 2.16. The van der Waals surface area contributed by atoms with Crippen LogP contribution in [-0.4, -0.2) is 42.5 Å². The molecule has 1 fully saturated rings. The third-order valence-electron chi connectivity index (χ3n) is 5.60. The average molecular weight is 387 g/mol. The summed E-state index contributed by atoms with van der Waals surface area (Å²) in [5.41, 5.74) is 3.99. The normalized spacial score (nSPS) is 15.3. The minimum absolute atomic E-state index is 0.616. The second-order valence-electron chi connectivity index (χ2n) is 7.77. The molecule has 1 saturated heterocycles. The molecular weight excluding hydrogens is 356 g/mol. The van der Waals surface area contributed by atoms with Gasteiger partial charge in [-0.2, -0.15) is 0 Å². The van der Waals surface area contributed by atoms with Crippen molar-refractivity contribution < 1.29 is 4.74 Å². The maximum absolute atomic E-state index is 5.89. The average Bonchev–Trinajstić information content (AvgIpc) is 2.80. The second-order valence-corrected chi connectivity index (χ2v) is 7.77. The van der Waals surface area contributed by atoms with E-state index in [1.807, 2.05) is 18.2 Å². The van der Waals surface area contributed by atoms with Gasteiger partial charge in [-0.1, -0.05) is 72.8 Å². The van der Waals surface area contributed by atoms with Crippen LogP contribution < -0.4 is 4.74 Å². The lowest BCUT2D eigenvalue weighted by Gasteiger charge is -2.34. The van der Waals surface area contributed by atoms with Crippen LogP contribution in [0, 0.1) is 0 Å². The summed E-state index contributed by atoms with van der Waals surface area (Å²) in [7, 11) is 0. The van der Waals surface area contributed by atoms with E-state index in [2.05, 4.69) is 76.5 Å². The summed E-state index contributed by atoms with van der Waals surface area (Å²) < 4.78 is 5.89. The van der Waals surface area contributed by atoms with Crippen LogP contribution in [0.15, 0.2) is 84.9 Å². The monoisotopic (exact) mass is 386 g/mol. The molecule has 0 aromatic heterocycles. The molecule has 0 amide bonds. The van der Waals surface area contributed by atoms with E-state index in [-0.39, 0.29) is 0 Å². The van der Waals surface area contributed by atoms with Crippen LogP contribution in [0.2, 0.25) is 0 Å². The third kappa shape index (κ3) is 6.18. The molecule has 0 bridgehead atoms. The largest absolute Gasteiger partial charge is 0.489 e. The number of nitrogens with zero attached hydrogens (tertiary/aromatic N) is 2. The summed E-state index contributed by atoms with van der Waals surface area (Å²) in [6.07, 6.45) is 1.14. The molecule has 3 heteroatoms. The highest BCUT2D eigenvalue weighted by Gasteiger charge is 2.16. The van der Waals surface area contributed by atoms with Gasteiger partial charge in [-0.05, 0) is 35.2 Å². The first-order chi connectivity index (χ1) is 14.3. The molecule has 3 nitrogen and oxygen atoms in total. The molecule has 1 aliphatic rings. The Morgan fingerprint density at radius 2 is 1.17 bits per heavy atom. The van der Waals surface area contributed by atoms with Gasteiger partial charge >= 0.3 is 0 Å². The van der Waals surface area contributed by atoms with Crippen molar-refractivity contribution in [3.8, 4) is 5.75 Å². The van der Waals surface area contributed by atoms with Crippen molar-refractivity contribution in [2.24, 2.45) is 0 Å². The number of hydrogen-bond donors (Lipinski definition) is 0. The minimum Gasteiger partial charge on any atom is -0.489 e. The predicted octanol–water partition coefficient (Wildman–Crippen LogP) is 4.63. The molecule has 29 heavy (non-hydrogen) atoms. The molecular formula is C26H30N2O. The summed E-state index contributed by atoms with van der Waals surface area (Å²) in [5.74, 6) is 0.934. The molecule has 0 atom stereocenters. The van der Waals surface area contributed by atoms with Gasteiger partial charge in [-0.25, -0.2) is 0 Å². The second kappa shape index (κ2) is 10.2. The first-order valence-corrected chi connectivity index (χ1v) is 10.6. The third-order valence-corrected chi connectivity index (χ3v) is 5.60. The maximum Gasteiger partial charge on any atom is 0.119 e. The number of ether oxygens (including phenoxy) is 1. The lowest BCUT2D eigenvalue weighted by atomic mass is 10.1. The summed E-state index contributed by atoms with van der Waals surface area (Å²) in [4.78, 5) is 5.14. The molecule has 0 N–H and O–H groups in total. The highest BCUT2D eigenvalue weighted by atomic mass is 16.5. The Kier molecular flexibility index (Phi) is 6.95. The SMILES string of the molecule is c1ccc(CCN2CCN(Cc3ccc(OCc4ccccc4)cc3)CC2)cc1. The van der Waals surface area contributed by atoms with E-state index < -0.39 is 0 Å². The van der Waals surface area contributed by atoms with Gasteiger partial charge in [0.05, 0.1) is 0 Å². The summed E-state index contributed by atoms with van der Waals surface area (Å²) in [5, 5.41) is 0. The fraction of sp³-hybridized carbons (Fsp3) is 0.308. The molecule has 4 rings (SSSR count). The molecule has 0 radical (unpaired) electrons. The minimum atomic E-state index is 0.616. The Hall–Kier alpha value is -2.62. The van der Waals surface area contributed by atoms with Gasteiger partial charge in [-0.15, -0.1) is 0 Å². The number of benzene rings is 3. The first kappa shape index (κ1) is 19.7. The van der Waals surface area contributed by atoms with Crippen molar-refractivity contribution in [1.82, 2.24) is 9.80 Å². The van der Waals surface area contributed by atoms with Crippen molar-refractivity contribution in [2.45, 2.75) is 19.6 Å². The fourth-order valence-corrected chi connectivity index (χ4v) is 3.79. The number of hydrogen-bond acceptors (Lipinski definition) is 3. The smallest absolute Gasteiger partial charge is 0.119 e. The van der Waals surface area contributed by atoms with E-state index in [9.17, 15) is 0 Å². The number of rotatable bonds is 8. The zero-order valence-corrected chi connectivity index (χ0v) is 17.0. The van der Waals surface area contributed by atoms with Crippen LogP contribution in [0.5, 0.6) is 5.75 Å². The molecule has 0 saturated carbocycles. The van der Waals surface area contributed by atoms with Gasteiger partial charge < -0.3 is 9.64 Å². The molecule has 1 aliphatic heterocycles. The molecule has 3 aromatic carbocycles. The summed E-state index contributed by atoms with van der Waals surface area (Å²) in [6, 6.07) is 29.7. The van der Waals surface area contributed by atoms with E-state index in [4.69, 9.17) is 4.74 Å². The van der Waals surface area contributed by atoms with Gasteiger partial charge in [0.1, 0.15) is 12.4 Å². The lowest BCUT2D eigenvalue weighted by molar-refractivity contribution is 0.128.